The number of rotatable bonds is 7. The number of hydrogen-bond donors (Lipinski definition) is 0. The third-order valence-corrected chi connectivity index (χ3v) is 5.60. The molecule has 0 bridgehead atoms. The minimum Gasteiger partial charge on any atom is -0.489 e. The van der Waals surface area contributed by atoms with Crippen LogP contribution in [0.15, 0.2) is 114 Å². The van der Waals surface area contributed by atoms with Crippen LogP contribution in [0.2, 0.25) is 0 Å². The molecular weight excluding hydrogens is 456 g/mol. The fourth-order valence-corrected chi connectivity index (χ4v) is 3.67. The second-order valence-electron chi connectivity index (χ2n) is 8.06. The molecule has 0 aromatic heterocycles. The first kappa shape index (κ1) is 22.7. The minimum absolute atomic E-state index is 0.0385. The molecule has 0 amide bonds. The lowest BCUT2D eigenvalue weighted by atomic mass is 10.0. The van der Waals surface area contributed by atoms with E-state index in [0.29, 0.717) is 5.75 Å². The first-order valence-corrected chi connectivity index (χ1v) is 11.2. The van der Waals surface area contributed by atoms with Gasteiger partial charge in [-0.05, 0) is 64.7 Å². The van der Waals surface area contributed by atoms with Crippen molar-refractivity contribution < 1.29 is 19.2 Å². The topological polar surface area (TPSA) is 91.0 Å². The number of ether oxygens (including phenoxy) is 2. The highest BCUT2D eigenvalue weighted by atomic mass is 16.6. The lowest BCUT2D eigenvalue weighted by Crippen LogP contribution is -2.05. The lowest BCUT2D eigenvalue weighted by molar-refractivity contribution is -0.384. The van der Waals surface area contributed by atoms with Crippen molar-refractivity contribution in [2.45, 2.75) is 6.61 Å². The van der Waals surface area contributed by atoms with E-state index in [1.807, 2.05) is 66.7 Å². The number of nitro groups is 1. The Morgan fingerprint density at radius 2 is 1.44 bits per heavy atom. The molecular formula is C29H20N2O5. The number of hydrogen-bond acceptors (Lipinski definition) is 6. The molecule has 5 rings (SSSR count). The fraction of sp³-hybridized carbons (Fsp3) is 0.0345. The van der Waals surface area contributed by atoms with Gasteiger partial charge in [-0.15, -0.1) is 0 Å². The molecule has 1 aliphatic rings. The third-order valence-electron chi connectivity index (χ3n) is 5.60. The zero-order valence-electron chi connectivity index (χ0n) is 19.0. The highest BCUT2D eigenvalue weighted by molar-refractivity contribution is 6.13. The van der Waals surface area contributed by atoms with Crippen LogP contribution in [0.4, 0.5) is 5.69 Å². The largest absolute Gasteiger partial charge is 0.489 e. The maximum Gasteiger partial charge on any atom is 0.363 e. The number of benzene rings is 4. The number of carbonyl (C=O) groups excluding carboxylic acids is 1. The average molecular weight is 476 g/mol. The Morgan fingerprint density at radius 3 is 2.11 bits per heavy atom. The van der Waals surface area contributed by atoms with Gasteiger partial charge in [-0.3, -0.25) is 10.1 Å². The Morgan fingerprint density at radius 1 is 0.806 bits per heavy atom. The van der Waals surface area contributed by atoms with Crippen molar-refractivity contribution >= 4 is 23.6 Å². The molecule has 0 saturated carbocycles. The van der Waals surface area contributed by atoms with Gasteiger partial charge in [0, 0.05) is 17.7 Å². The normalized spacial score (nSPS) is 13.8. The summed E-state index contributed by atoms with van der Waals surface area (Å²) in [5.41, 5.74) is 4.74. The standard InChI is InChI=1S/C29H20N2O5/c32-29-27(30-28(36-29)24-12-10-23(11-13-24)22-4-2-1-3-5-22)18-20-8-16-26(17-9-20)35-19-21-6-14-25(15-7-21)31(33)34/h1-18H,19H2/b27-18-. The molecule has 0 aliphatic carbocycles. The molecule has 4 aromatic rings. The quantitative estimate of drug-likeness (QED) is 0.137. The minimum atomic E-state index is -0.504. The second-order valence-corrected chi connectivity index (χ2v) is 8.06. The molecule has 1 heterocycles. The summed E-state index contributed by atoms with van der Waals surface area (Å²) < 4.78 is 11.1. The Bertz CT molecular complexity index is 1460. The smallest absolute Gasteiger partial charge is 0.363 e. The van der Waals surface area contributed by atoms with E-state index >= 15 is 0 Å². The summed E-state index contributed by atoms with van der Waals surface area (Å²) >= 11 is 0. The van der Waals surface area contributed by atoms with Crippen LogP contribution in [-0.2, 0) is 16.1 Å². The van der Waals surface area contributed by atoms with Crippen LogP contribution >= 0.6 is 0 Å². The van der Waals surface area contributed by atoms with E-state index in [1.165, 1.54) is 12.1 Å². The van der Waals surface area contributed by atoms with Crippen molar-refractivity contribution in [2.75, 3.05) is 0 Å². The van der Waals surface area contributed by atoms with Gasteiger partial charge in [0.15, 0.2) is 5.70 Å². The van der Waals surface area contributed by atoms with Crippen molar-refractivity contribution in [3.63, 3.8) is 0 Å². The first-order valence-electron chi connectivity index (χ1n) is 11.2. The maximum absolute atomic E-state index is 12.4. The second kappa shape index (κ2) is 10.1. The first-order chi connectivity index (χ1) is 17.5. The molecule has 0 radical (unpaired) electrons. The van der Waals surface area contributed by atoms with Crippen molar-refractivity contribution in [1.82, 2.24) is 0 Å². The summed E-state index contributed by atoms with van der Waals surface area (Å²) in [4.78, 5) is 27.1. The zero-order valence-corrected chi connectivity index (χ0v) is 19.0. The lowest BCUT2D eigenvalue weighted by Gasteiger charge is -2.06. The van der Waals surface area contributed by atoms with Crippen LogP contribution in [0, 0.1) is 10.1 Å². The number of nitro benzene ring substituents is 1. The van der Waals surface area contributed by atoms with Gasteiger partial charge in [0.25, 0.3) is 5.69 Å². The van der Waals surface area contributed by atoms with Crippen LogP contribution < -0.4 is 4.74 Å². The monoisotopic (exact) mass is 476 g/mol. The van der Waals surface area contributed by atoms with Gasteiger partial charge in [0.2, 0.25) is 5.90 Å². The van der Waals surface area contributed by atoms with Gasteiger partial charge in [0.05, 0.1) is 4.92 Å². The summed E-state index contributed by atoms with van der Waals surface area (Å²) in [6.07, 6.45) is 1.66. The number of cyclic esters (lactones) is 1. The molecule has 7 nitrogen and oxygen atoms in total. The molecule has 0 fully saturated rings. The molecule has 1 aliphatic heterocycles. The Balaban J connectivity index is 1.24. The highest BCUT2D eigenvalue weighted by Crippen LogP contribution is 2.24. The van der Waals surface area contributed by atoms with Crippen LogP contribution in [0.1, 0.15) is 16.7 Å². The molecule has 0 spiro atoms. The van der Waals surface area contributed by atoms with Crippen LogP contribution in [-0.4, -0.2) is 16.8 Å². The molecule has 4 aromatic carbocycles. The van der Waals surface area contributed by atoms with Gasteiger partial charge in [-0.1, -0.05) is 54.6 Å². The maximum atomic E-state index is 12.4. The van der Waals surface area contributed by atoms with E-state index < -0.39 is 10.9 Å². The Kier molecular flexibility index (Phi) is 6.36. The van der Waals surface area contributed by atoms with Crippen LogP contribution in [0.25, 0.3) is 17.2 Å². The predicted octanol–water partition coefficient (Wildman–Crippen LogP) is 6.19. The molecule has 7 heteroatoms. The van der Waals surface area contributed by atoms with Crippen molar-refractivity contribution in [3.05, 3.63) is 136 Å². The van der Waals surface area contributed by atoms with Gasteiger partial charge < -0.3 is 9.47 Å². The summed E-state index contributed by atoms with van der Waals surface area (Å²) in [5, 5.41) is 10.8. The number of esters is 1. The van der Waals surface area contributed by atoms with Crippen molar-refractivity contribution in [1.29, 1.82) is 0 Å². The Hall–Kier alpha value is -5.04. The van der Waals surface area contributed by atoms with E-state index in [-0.39, 0.29) is 23.9 Å². The van der Waals surface area contributed by atoms with Crippen LogP contribution in [0.5, 0.6) is 5.75 Å². The summed E-state index contributed by atoms with van der Waals surface area (Å²) in [7, 11) is 0. The molecule has 0 unspecified atom stereocenters. The average Bonchev–Trinajstić information content (AvgIpc) is 3.29. The van der Waals surface area contributed by atoms with E-state index in [9.17, 15) is 14.9 Å². The van der Waals surface area contributed by atoms with Gasteiger partial charge in [0.1, 0.15) is 12.4 Å². The fourth-order valence-electron chi connectivity index (χ4n) is 3.67. The molecule has 36 heavy (non-hydrogen) atoms. The number of aliphatic imine (C=N–C) groups is 1. The van der Waals surface area contributed by atoms with Crippen molar-refractivity contribution in [3.8, 4) is 16.9 Å². The molecule has 0 atom stereocenters. The third kappa shape index (κ3) is 5.20. The summed E-state index contributed by atoms with van der Waals surface area (Å²) in [5.74, 6) is 0.400. The van der Waals surface area contributed by atoms with Gasteiger partial charge in [-0.2, -0.15) is 0 Å². The molecule has 0 saturated heterocycles. The van der Waals surface area contributed by atoms with Crippen molar-refractivity contribution in [2.24, 2.45) is 4.99 Å². The zero-order chi connectivity index (χ0) is 24.9. The molecule has 176 valence electrons. The van der Waals surface area contributed by atoms with E-state index in [0.717, 1.165) is 27.8 Å². The van der Waals surface area contributed by atoms with Crippen LogP contribution in [0.3, 0.4) is 0 Å². The van der Waals surface area contributed by atoms with E-state index in [2.05, 4.69) is 4.99 Å². The van der Waals surface area contributed by atoms with E-state index in [4.69, 9.17) is 9.47 Å². The van der Waals surface area contributed by atoms with Gasteiger partial charge in [-0.25, -0.2) is 9.79 Å². The highest BCUT2D eigenvalue weighted by Gasteiger charge is 2.24. The summed E-state index contributed by atoms with van der Waals surface area (Å²) in [6.45, 7) is 0.279. The predicted molar refractivity (Wildman–Crippen MR) is 136 cm³/mol. The Labute approximate surface area is 207 Å². The summed E-state index contributed by atoms with van der Waals surface area (Å²) in [6, 6.07) is 31.1. The number of carbonyl (C=O) groups is 1. The number of non-ortho nitro benzene ring substituents is 1. The van der Waals surface area contributed by atoms with E-state index in [1.54, 1.807) is 30.3 Å². The number of nitrogens with zero attached hydrogens (tertiary/aromatic N) is 2. The molecule has 0 N–H and O–H groups in total. The van der Waals surface area contributed by atoms with Gasteiger partial charge >= 0.3 is 5.97 Å². The SMILES string of the molecule is O=C1OC(c2ccc(-c3ccccc3)cc2)=N/C1=C\c1ccc(OCc2ccc([N+](=O)[O-])cc2)cc1.